The van der Waals surface area contributed by atoms with Crippen LogP contribution in [0.4, 0.5) is 0 Å². The molecule has 0 saturated carbocycles. The van der Waals surface area contributed by atoms with E-state index >= 15 is 0 Å². The van der Waals surface area contributed by atoms with Gasteiger partial charge in [-0.15, -0.1) is 0 Å². The van der Waals surface area contributed by atoms with Crippen LogP contribution in [0.5, 0.6) is 23.0 Å². The van der Waals surface area contributed by atoms with Crippen LogP contribution in [0.15, 0.2) is 48.8 Å². The van der Waals surface area contributed by atoms with Gasteiger partial charge in [0.05, 0.1) is 35.9 Å². The molecule has 2 fully saturated rings. The van der Waals surface area contributed by atoms with Crippen molar-refractivity contribution in [3.63, 3.8) is 0 Å². The first-order valence-corrected chi connectivity index (χ1v) is 12.0. The van der Waals surface area contributed by atoms with Crippen LogP contribution < -0.4 is 20.1 Å². The van der Waals surface area contributed by atoms with E-state index in [2.05, 4.69) is 30.6 Å². The second-order valence-corrected chi connectivity index (χ2v) is 9.19. The van der Waals surface area contributed by atoms with E-state index in [9.17, 15) is 0 Å². The fraction of sp³-hybridized carbons (Fsp3) is 0.308. The lowest BCUT2D eigenvalue weighted by molar-refractivity contribution is 0.360. The summed E-state index contributed by atoms with van der Waals surface area (Å²) in [5.74, 6) is 4.78. The first-order valence-electron chi connectivity index (χ1n) is 12.0. The summed E-state index contributed by atoms with van der Waals surface area (Å²) in [5, 5.41) is 6.97. The summed E-state index contributed by atoms with van der Waals surface area (Å²) in [6.07, 6.45) is 8.38. The van der Waals surface area contributed by atoms with Crippen molar-refractivity contribution in [1.82, 2.24) is 30.6 Å². The van der Waals surface area contributed by atoms with Crippen LogP contribution in [0, 0.1) is 0 Å². The molecule has 2 aromatic carbocycles. The molecule has 0 bridgehead atoms. The molecule has 0 spiro atoms. The standard InChI is InChI=1S/C26H26N6O2/c1-3-17(27-9-1)25-29-13-19(31-25)15-5-7-21-23(11-15)34-24-12-16(6-8-22(24)33-21)20-14-30-26(32-20)18-4-2-10-28-18/h5-8,11-14,17-18,27-28H,1-4,9-10H2,(H,29,31)(H,30,32). The summed E-state index contributed by atoms with van der Waals surface area (Å²) in [4.78, 5) is 16.1. The number of benzene rings is 2. The van der Waals surface area contributed by atoms with Crippen LogP contribution in [0.2, 0.25) is 0 Å². The third kappa shape index (κ3) is 3.46. The third-order valence-electron chi connectivity index (χ3n) is 6.92. The predicted octanol–water partition coefficient (Wildman–Crippen LogP) is 5.21. The van der Waals surface area contributed by atoms with Crippen molar-refractivity contribution >= 4 is 0 Å². The van der Waals surface area contributed by atoms with Crippen molar-refractivity contribution in [3.05, 3.63) is 60.4 Å². The van der Waals surface area contributed by atoms with Gasteiger partial charge >= 0.3 is 0 Å². The lowest BCUT2D eigenvalue weighted by Crippen LogP contribution is -2.14. The zero-order valence-electron chi connectivity index (χ0n) is 18.7. The summed E-state index contributed by atoms with van der Waals surface area (Å²) < 4.78 is 12.4. The highest BCUT2D eigenvalue weighted by atomic mass is 16.6. The van der Waals surface area contributed by atoms with E-state index in [1.807, 2.05) is 48.8 Å². The normalized spacial score (nSPS) is 21.1. The Morgan fingerprint density at radius 2 is 1.15 bits per heavy atom. The van der Waals surface area contributed by atoms with Crippen LogP contribution in [0.1, 0.15) is 49.4 Å². The molecule has 7 rings (SSSR count). The molecule has 34 heavy (non-hydrogen) atoms. The molecule has 8 heteroatoms. The Bertz CT molecular complexity index is 1250. The fourth-order valence-corrected chi connectivity index (χ4v) is 5.07. The van der Waals surface area contributed by atoms with E-state index in [0.29, 0.717) is 35.1 Å². The van der Waals surface area contributed by atoms with E-state index in [1.165, 1.54) is 12.8 Å². The number of aromatic amines is 2. The number of rotatable bonds is 4. The van der Waals surface area contributed by atoms with E-state index in [0.717, 1.165) is 60.1 Å². The van der Waals surface area contributed by atoms with Crippen LogP contribution in [-0.2, 0) is 0 Å². The number of imidazole rings is 2. The number of fused-ring (bicyclic) bond motifs is 2. The van der Waals surface area contributed by atoms with Gasteiger partial charge in [0.25, 0.3) is 0 Å². The second-order valence-electron chi connectivity index (χ2n) is 9.19. The molecule has 4 aromatic rings. The molecule has 3 aliphatic rings. The lowest BCUT2D eigenvalue weighted by Gasteiger charge is -2.21. The first-order chi connectivity index (χ1) is 16.8. The monoisotopic (exact) mass is 454 g/mol. The Labute approximate surface area is 197 Å². The largest absolute Gasteiger partial charge is 0.450 e. The molecule has 0 radical (unpaired) electrons. The minimum absolute atomic E-state index is 0.309. The average molecular weight is 455 g/mol. The van der Waals surface area contributed by atoms with Crippen molar-refractivity contribution in [2.75, 3.05) is 13.1 Å². The van der Waals surface area contributed by atoms with Gasteiger partial charge in [0.2, 0.25) is 0 Å². The van der Waals surface area contributed by atoms with Gasteiger partial charge in [-0.1, -0.05) is 0 Å². The zero-order chi connectivity index (χ0) is 22.5. The van der Waals surface area contributed by atoms with Gasteiger partial charge in [-0.3, -0.25) is 0 Å². The summed E-state index contributed by atoms with van der Waals surface area (Å²) >= 11 is 0. The molecule has 2 unspecified atom stereocenters. The number of aromatic nitrogens is 4. The minimum Gasteiger partial charge on any atom is -0.450 e. The maximum atomic E-state index is 6.30. The summed E-state index contributed by atoms with van der Waals surface area (Å²) in [6, 6.07) is 12.6. The van der Waals surface area contributed by atoms with Crippen LogP contribution in [0.25, 0.3) is 22.5 Å². The fourth-order valence-electron chi connectivity index (χ4n) is 5.07. The summed E-state index contributed by atoms with van der Waals surface area (Å²) in [5.41, 5.74) is 3.97. The SMILES string of the molecule is c1cc2c(cc1-c1cnc(C3CCCN3)[nH]1)Oc1cc(-c3cnc(C4CCCN4)[nH]3)ccc1O2. The highest BCUT2D eigenvalue weighted by Crippen LogP contribution is 2.47. The molecule has 2 aromatic heterocycles. The van der Waals surface area contributed by atoms with Gasteiger partial charge in [-0.05, 0) is 75.2 Å². The maximum absolute atomic E-state index is 6.30. The number of ether oxygens (including phenoxy) is 2. The Hall–Kier alpha value is -3.62. The molecular formula is C26H26N6O2. The maximum Gasteiger partial charge on any atom is 0.170 e. The highest BCUT2D eigenvalue weighted by molar-refractivity contribution is 5.69. The molecule has 5 heterocycles. The molecular weight excluding hydrogens is 428 g/mol. The molecule has 172 valence electrons. The second kappa shape index (κ2) is 8.00. The Morgan fingerprint density at radius 3 is 1.62 bits per heavy atom. The van der Waals surface area contributed by atoms with Crippen LogP contribution >= 0.6 is 0 Å². The van der Waals surface area contributed by atoms with Crippen LogP contribution in [-0.4, -0.2) is 33.0 Å². The van der Waals surface area contributed by atoms with Crippen molar-refractivity contribution in [1.29, 1.82) is 0 Å². The molecule has 2 atom stereocenters. The minimum atomic E-state index is 0.309. The van der Waals surface area contributed by atoms with E-state index in [1.54, 1.807) is 0 Å². The van der Waals surface area contributed by atoms with Crippen molar-refractivity contribution in [2.45, 2.75) is 37.8 Å². The number of hydrogen-bond acceptors (Lipinski definition) is 6. The number of nitrogens with zero attached hydrogens (tertiary/aromatic N) is 2. The van der Waals surface area contributed by atoms with E-state index in [4.69, 9.17) is 9.47 Å². The van der Waals surface area contributed by atoms with Crippen molar-refractivity contribution in [2.24, 2.45) is 0 Å². The van der Waals surface area contributed by atoms with Crippen molar-refractivity contribution in [3.8, 4) is 45.5 Å². The molecule has 0 aliphatic carbocycles. The average Bonchev–Trinajstić information content (AvgIpc) is 3.68. The highest BCUT2D eigenvalue weighted by Gasteiger charge is 2.23. The Morgan fingerprint density at radius 1 is 0.647 bits per heavy atom. The van der Waals surface area contributed by atoms with Crippen molar-refractivity contribution < 1.29 is 9.47 Å². The number of hydrogen-bond donors (Lipinski definition) is 4. The van der Waals surface area contributed by atoms with Crippen LogP contribution in [0.3, 0.4) is 0 Å². The third-order valence-corrected chi connectivity index (χ3v) is 6.92. The Balaban J connectivity index is 1.15. The molecule has 8 nitrogen and oxygen atoms in total. The first kappa shape index (κ1) is 19.8. The topological polar surface area (TPSA) is 99.9 Å². The van der Waals surface area contributed by atoms with E-state index < -0.39 is 0 Å². The van der Waals surface area contributed by atoms with Gasteiger partial charge in [0.15, 0.2) is 23.0 Å². The van der Waals surface area contributed by atoms with Gasteiger partial charge in [0.1, 0.15) is 11.6 Å². The van der Waals surface area contributed by atoms with Gasteiger partial charge in [0, 0.05) is 11.1 Å². The van der Waals surface area contributed by atoms with Gasteiger partial charge in [-0.2, -0.15) is 0 Å². The lowest BCUT2D eigenvalue weighted by atomic mass is 10.1. The molecule has 3 aliphatic heterocycles. The molecule has 2 saturated heterocycles. The summed E-state index contributed by atoms with van der Waals surface area (Å²) in [7, 11) is 0. The van der Waals surface area contributed by atoms with E-state index in [-0.39, 0.29) is 0 Å². The molecule has 4 N–H and O–H groups in total. The van der Waals surface area contributed by atoms with Gasteiger partial charge < -0.3 is 30.1 Å². The Kier molecular flexibility index (Phi) is 4.66. The summed E-state index contributed by atoms with van der Waals surface area (Å²) in [6.45, 7) is 2.09. The smallest absolute Gasteiger partial charge is 0.170 e. The zero-order valence-corrected chi connectivity index (χ0v) is 18.7. The number of H-pyrrole nitrogens is 2. The molecule has 0 amide bonds. The van der Waals surface area contributed by atoms with Gasteiger partial charge in [-0.25, -0.2) is 9.97 Å². The number of nitrogens with one attached hydrogen (secondary N) is 4. The predicted molar refractivity (Wildman–Crippen MR) is 128 cm³/mol. The quantitative estimate of drug-likeness (QED) is 0.297.